The van der Waals surface area contributed by atoms with Crippen molar-refractivity contribution < 1.29 is 4.79 Å². The molecule has 3 rings (SSSR count). The molecule has 2 aromatic carbocycles. The van der Waals surface area contributed by atoms with Gasteiger partial charge in [0, 0.05) is 23.5 Å². The van der Waals surface area contributed by atoms with E-state index in [9.17, 15) is 4.79 Å². The van der Waals surface area contributed by atoms with Gasteiger partial charge in [-0.3, -0.25) is 4.79 Å². The average Bonchev–Trinajstić information content (AvgIpc) is 2.99. The second-order valence-electron chi connectivity index (χ2n) is 5.95. The maximum atomic E-state index is 12.9. The minimum absolute atomic E-state index is 0.120. The molecule has 4 heteroatoms. The van der Waals surface area contributed by atoms with Crippen molar-refractivity contribution in [3.63, 3.8) is 0 Å². The minimum Gasteiger partial charge on any atom is -0.382 e. The average molecular weight is 353 g/mol. The Morgan fingerprint density at radius 1 is 1.00 bits per heavy atom. The van der Waals surface area contributed by atoms with Crippen molar-refractivity contribution in [3.05, 3.63) is 70.6 Å². The fraction of sp³-hybridized carbons (Fsp3) is 0.286. The molecule has 1 aliphatic heterocycles. The molecular weight excluding hydrogens is 328 g/mol. The Morgan fingerprint density at radius 2 is 1.68 bits per heavy atom. The number of benzene rings is 2. The van der Waals surface area contributed by atoms with Crippen LogP contribution in [0, 0.1) is 0 Å². The first kappa shape index (κ1) is 17.8. The normalized spacial score (nSPS) is 15.4. The molecule has 1 heterocycles. The third-order valence-electron chi connectivity index (χ3n) is 4.46. The van der Waals surface area contributed by atoms with E-state index in [1.165, 1.54) is 0 Å². The molecule has 3 nitrogen and oxygen atoms in total. The smallest absolute Gasteiger partial charge is 0.202 e. The number of thioether (sulfide) groups is 1. The molecule has 0 amide bonds. The number of hydrogen-bond donors (Lipinski definition) is 1. The molecule has 0 bridgehead atoms. The van der Waals surface area contributed by atoms with Crippen LogP contribution in [0.4, 0.5) is 0 Å². The maximum absolute atomic E-state index is 12.9. The van der Waals surface area contributed by atoms with Gasteiger partial charge in [-0.25, -0.2) is 0 Å². The van der Waals surface area contributed by atoms with E-state index in [4.69, 9.17) is 0 Å². The predicted octanol–water partition coefficient (Wildman–Crippen LogP) is 4.28. The van der Waals surface area contributed by atoms with E-state index in [-0.39, 0.29) is 5.78 Å². The van der Waals surface area contributed by atoms with Gasteiger partial charge in [-0.2, -0.15) is 0 Å². The van der Waals surface area contributed by atoms with Gasteiger partial charge in [-0.05, 0) is 30.8 Å². The molecule has 25 heavy (non-hydrogen) atoms. The summed E-state index contributed by atoms with van der Waals surface area (Å²) in [6, 6.07) is 18.0. The molecule has 1 aliphatic rings. The Kier molecular flexibility index (Phi) is 5.95. The number of carbonyl (C=O) groups excluding carboxylic acids is 1. The Hall–Kier alpha value is -2.04. The van der Waals surface area contributed by atoms with Crippen LogP contribution in [-0.4, -0.2) is 36.9 Å². The molecule has 0 spiro atoms. The molecule has 0 saturated heterocycles. The lowest BCUT2D eigenvalue weighted by molar-refractivity contribution is 0.104. The second kappa shape index (κ2) is 8.37. The first-order chi connectivity index (χ1) is 12.2. The lowest BCUT2D eigenvalue weighted by Gasteiger charge is -2.20. The summed E-state index contributed by atoms with van der Waals surface area (Å²) < 4.78 is 0. The van der Waals surface area contributed by atoms with E-state index in [0.717, 1.165) is 52.8 Å². The summed E-state index contributed by atoms with van der Waals surface area (Å²) in [5.74, 6) is 0.120. The highest BCUT2D eigenvalue weighted by molar-refractivity contribution is 8.05. The van der Waals surface area contributed by atoms with Crippen LogP contribution in [0.2, 0.25) is 0 Å². The fourth-order valence-electron chi connectivity index (χ4n) is 2.98. The fourth-order valence-corrected chi connectivity index (χ4v) is 4.12. The molecule has 0 radical (unpaired) electrons. The van der Waals surface area contributed by atoms with Crippen molar-refractivity contribution in [1.82, 2.24) is 10.2 Å². The van der Waals surface area contributed by atoms with Crippen LogP contribution >= 0.6 is 11.8 Å². The van der Waals surface area contributed by atoms with Crippen LogP contribution in [0.1, 0.15) is 29.8 Å². The topological polar surface area (TPSA) is 32.3 Å². The highest BCUT2D eigenvalue weighted by atomic mass is 32.2. The summed E-state index contributed by atoms with van der Waals surface area (Å²) in [6.07, 6.45) is 0. The summed E-state index contributed by atoms with van der Waals surface area (Å²) in [5, 5.41) is 3.54. The Labute approximate surface area is 154 Å². The van der Waals surface area contributed by atoms with Gasteiger partial charge in [0.2, 0.25) is 5.78 Å². The van der Waals surface area contributed by atoms with E-state index in [0.29, 0.717) is 0 Å². The zero-order valence-electron chi connectivity index (χ0n) is 14.8. The lowest BCUT2D eigenvalue weighted by Crippen LogP contribution is -2.31. The van der Waals surface area contributed by atoms with Crippen LogP contribution in [-0.2, 0) is 0 Å². The zero-order valence-corrected chi connectivity index (χ0v) is 15.6. The SMILES string of the molecule is CCN(CC)CCN/C(=C1/Sc2ccccc2C1=O)c1ccccc1. The summed E-state index contributed by atoms with van der Waals surface area (Å²) >= 11 is 1.57. The van der Waals surface area contributed by atoms with Crippen LogP contribution < -0.4 is 5.32 Å². The van der Waals surface area contributed by atoms with Crippen molar-refractivity contribution in [2.45, 2.75) is 18.7 Å². The quantitative estimate of drug-likeness (QED) is 0.754. The molecule has 0 unspecified atom stereocenters. The maximum Gasteiger partial charge on any atom is 0.202 e. The number of allylic oxidation sites excluding steroid dienone is 1. The second-order valence-corrected chi connectivity index (χ2v) is 7.00. The molecule has 0 aliphatic carbocycles. The van der Waals surface area contributed by atoms with Crippen LogP contribution in [0.3, 0.4) is 0 Å². The lowest BCUT2D eigenvalue weighted by atomic mass is 10.1. The van der Waals surface area contributed by atoms with E-state index in [1.54, 1.807) is 11.8 Å². The largest absolute Gasteiger partial charge is 0.382 e. The number of nitrogens with zero attached hydrogens (tertiary/aromatic N) is 1. The monoisotopic (exact) mass is 352 g/mol. The number of likely N-dealkylation sites (N-methyl/N-ethyl adjacent to an activating group) is 1. The van der Waals surface area contributed by atoms with Crippen LogP contribution in [0.25, 0.3) is 5.70 Å². The number of Topliss-reactive ketones (excluding diaryl/α,β-unsaturated/α-hetero) is 1. The van der Waals surface area contributed by atoms with E-state index in [1.807, 2.05) is 42.5 Å². The summed E-state index contributed by atoms with van der Waals surface area (Å²) in [4.78, 5) is 17.1. The Bertz CT molecular complexity index is 766. The molecule has 0 atom stereocenters. The number of ketones is 1. The molecule has 0 aromatic heterocycles. The Morgan fingerprint density at radius 3 is 2.36 bits per heavy atom. The Balaban J connectivity index is 1.89. The molecule has 2 aromatic rings. The van der Waals surface area contributed by atoms with Gasteiger partial charge < -0.3 is 10.2 Å². The van der Waals surface area contributed by atoms with Gasteiger partial charge in [-0.15, -0.1) is 0 Å². The molecule has 0 saturated carbocycles. The highest BCUT2D eigenvalue weighted by Gasteiger charge is 2.28. The molecule has 1 N–H and O–H groups in total. The molecule has 130 valence electrons. The van der Waals surface area contributed by atoms with Crippen molar-refractivity contribution >= 4 is 23.2 Å². The third-order valence-corrected chi connectivity index (χ3v) is 5.63. The van der Waals surface area contributed by atoms with Crippen molar-refractivity contribution in [2.75, 3.05) is 26.2 Å². The standard InChI is InChI=1S/C21H24N2OS/c1-3-23(4-2)15-14-22-19(16-10-6-5-7-11-16)21-20(24)17-12-8-9-13-18(17)25-21/h5-13,22H,3-4,14-15H2,1-2H3/b21-19+. The first-order valence-corrected chi connectivity index (χ1v) is 9.63. The molecule has 0 fully saturated rings. The van der Waals surface area contributed by atoms with Gasteiger partial charge in [0.15, 0.2) is 0 Å². The summed E-state index contributed by atoms with van der Waals surface area (Å²) in [5.41, 5.74) is 2.81. The van der Waals surface area contributed by atoms with Gasteiger partial charge in [0.25, 0.3) is 0 Å². The van der Waals surface area contributed by atoms with E-state index < -0.39 is 0 Å². The van der Waals surface area contributed by atoms with Crippen LogP contribution in [0.15, 0.2) is 64.4 Å². The zero-order chi connectivity index (χ0) is 17.6. The first-order valence-electron chi connectivity index (χ1n) is 8.82. The number of carbonyl (C=O) groups is 1. The summed E-state index contributed by atoms with van der Waals surface area (Å²) in [7, 11) is 0. The van der Waals surface area contributed by atoms with E-state index in [2.05, 4.69) is 36.2 Å². The van der Waals surface area contributed by atoms with Gasteiger partial charge in [0.1, 0.15) is 0 Å². The van der Waals surface area contributed by atoms with Crippen molar-refractivity contribution in [1.29, 1.82) is 0 Å². The summed E-state index contributed by atoms with van der Waals surface area (Å²) in [6.45, 7) is 8.20. The van der Waals surface area contributed by atoms with E-state index >= 15 is 0 Å². The number of rotatable bonds is 7. The third kappa shape index (κ3) is 3.97. The van der Waals surface area contributed by atoms with Crippen molar-refractivity contribution in [3.8, 4) is 0 Å². The van der Waals surface area contributed by atoms with Crippen LogP contribution in [0.5, 0.6) is 0 Å². The number of hydrogen-bond acceptors (Lipinski definition) is 4. The van der Waals surface area contributed by atoms with Gasteiger partial charge in [0.05, 0.1) is 10.6 Å². The number of fused-ring (bicyclic) bond motifs is 1. The number of nitrogens with one attached hydrogen (secondary N) is 1. The predicted molar refractivity (Wildman–Crippen MR) is 106 cm³/mol. The van der Waals surface area contributed by atoms with Crippen molar-refractivity contribution in [2.24, 2.45) is 0 Å². The minimum atomic E-state index is 0.120. The highest BCUT2D eigenvalue weighted by Crippen LogP contribution is 2.42. The molecular formula is C21H24N2OS. The van der Waals surface area contributed by atoms with Gasteiger partial charge in [-0.1, -0.05) is 68.1 Å². The van der Waals surface area contributed by atoms with Gasteiger partial charge >= 0.3 is 0 Å².